The summed E-state index contributed by atoms with van der Waals surface area (Å²) in [6, 6.07) is 10.3. The molecule has 4 heteroatoms. The third kappa shape index (κ3) is 2.09. The van der Waals surface area contributed by atoms with Crippen LogP contribution >= 0.6 is 22.9 Å². The molecule has 2 heterocycles. The van der Waals surface area contributed by atoms with E-state index in [0.717, 1.165) is 22.2 Å². The molecule has 0 atom stereocenters. The number of fused-ring (bicyclic) bond motifs is 2. The first-order chi connectivity index (χ1) is 10.2. The summed E-state index contributed by atoms with van der Waals surface area (Å²) >= 11 is 8.01. The largest absolute Gasteiger partial charge is 0.253 e. The average molecular weight is 311 g/mol. The summed E-state index contributed by atoms with van der Waals surface area (Å²) in [5, 5.41) is 4.15. The summed E-state index contributed by atoms with van der Waals surface area (Å²) in [5.74, 6) is 0. The van der Waals surface area contributed by atoms with Gasteiger partial charge in [0.05, 0.1) is 11.0 Å². The molecule has 0 unspecified atom stereocenters. The molecule has 2 aromatic carbocycles. The molecule has 2 aromatic heterocycles. The zero-order chi connectivity index (χ0) is 14.4. The Morgan fingerprint density at radius 2 is 1.90 bits per heavy atom. The number of thiophene rings is 1. The maximum absolute atomic E-state index is 6.24. The number of nitrogens with zero attached hydrogens (tertiary/aromatic N) is 2. The van der Waals surface area contributed by atoms with Crippen molar-refractivity contribution in [3.05, 3.63) is 58.7 Å². The van der Waals surface area contributed by atoms with Crippen LogP contribution in [0.1, 0.15) is 5.56 Å². The highest BCUT2D eigenvalue weighted by Crippen LogP contribution is 2.34. The topological polar surface area (TPSA) is 25.8 Å². The standard InChI is InChI=1S/C17H11ClN2S/c1-10-9-21-16-3-2-11(6-13(10)16)14-7-12(18)8-15-17(14)20-5-4-19-15/h2-9H,1H3. The summed E-state index contributed by atoms with van der Waals surface area (Å²) < 4.78 is 1.30. The van der Waals surface area contributed by atoms with E-state index in [2.05, 4.69) is 40.5 Å². The van der Waals surface area contributed by atoms with Crippen molar-refractivity contribution in [2.24, 2.45) is 0 Å². The predicted molar refractivity (Wildman–Crippen MR) is 90.1 cm³/mol. The van der Waals surface area contributed by atoms with Crippen LogP contribution in [0.3, 0.4) is 0 Å². The summed E-state index contributed by atoms with van der Waals surface area (Å²) in [5.41, 5.74) is 5.15. The summed E-state index contributed by atoms with van der Waals surface area (Å²) in [6.45, 7) is 2.14. The van der Waals surface area contributed by atoms with Gasteiger partial charge in [-0.1, -0.05) is 17.7 Å². The first-order valence-electron chi connectivity index (χ1n) is 6.61. The molecule has 0 radical (unpaired) electrons. The second-order valence-electron chi connectivity index (χ2n) is 5.01. The van der Waals surface area contributed by atoms with Gasteiger partial charge in [-0.25, -0.2) is 0 Å². The van der Waals surface area contributed by atoms with Crippen molar-refractivity contribution in [1.82, 2.24) is 9.97 Å². The van der Waals surface area contributed by atoms with E-state index < -0.39 is 0 Å². The molecule has 0 aliphatic heterocycles. The number of hydrogen-bond donors (Lipinski definition) is 0. The van der Waals surface area contributed by atoms with Crippen LogP contribution in [-0.2, 0) is 0 Å². The number of benzene rings is 2. The van der Waals surface area contributed by atoms with Crippen LogP contribution in [0.2, 0.25) is 5.02 Å². The van der Waals surface area contributed by atoms with Crippen LogP contribution in [0.4, 0.5) is 0 Å². The summed E-state index contributed by atoms with van der Waals surface area (Å²) in [4.78, 5) is 8.82. The van der Waals surface area contributed by atoms with Gasteiger partial charge in [-0.05, 0) is 53.1 Å². The fourth-order valence-corrected chi connectivity index (χ4v) is 3.72. The molecular formula is C17H11ClN2S. The van der Waals surface area contributed by atoms with E-state index in [1.807, 2.05) is 12.1 Å². The van der Waals surface area contributed by atoms with Crippen molar-refractivity contribution in [3.63, 3.8) is 0 Å². The molecule has 102 valence electrons. The Morgan fingerprint density at radius 1 is 1.05 bits per heavy atom. The molecule has 0 N–H and O–H groups in total. The molecule has 0 amide bonds. The highest BCUT2D eigenvalue weighted by atomic mass is 35.5. The molecule has 0 saturated heterocycles. The lowest BCUT2D eigenvalue weighted by atomic mass is 10.0. The number of hydrogen-bond acceptors (Lipinski definition) is 3. The normalized spacial score (nSPS) is 11.3. The van der Waals surface area contributed by atoms with Crippen LogP contribution < -0.4 is 0 Å². The van der Waals surface area contributed by atoms with Gasteiger partial charge in [0.25, 0.3) is 0 Å². The molecule has 0 fully saturated rings. The van der Waals surface area contributed by atoms with E-state index in [9.17, 15) is 0 Å². The number of aryl methyl sites for hydroxylation is 1. The Morgan fingerprint density at radius 3 is 2.81 bits per heavy atom. The van der Waals surface area contributed by atoms with Crippen molar-refractivity contribution in [1.29, 1.82) is 0 Å². The van der Waals surface area contributed by atoms with Gasteiger partial charge in [0.15, 0.2) is 0 Å². The molecule has 0 bridgehead atoms. The first-order valence-corrected chi connectivity index (χ1v) is 7.86. The summed E-state index contributed by atoms with van der Waals surface area (Å²) in [6.07, 6.45) is 3.41. The second-order valence-corrected chi connectivity index (χ2v) is 6.35. The van der Waals surface area contributed by atoms with Gasteiger partial charge in [-0.15, -0.1) is 11.3 Å². The van der Waals surface area contributed by atoms with E-state index in [-0.39, 0.29) is 0 Å². The maximum atomic E-state index is 6.24. The minimum absolute atomic E-state index is 0.681. The predicted octanol–water partition coefficient (Wildman–Crippen LogP) is 5.47. The van der Waals surface area contributed by atoms with E-state index in [4.69, 9.17) is 11.6 Å². The average Bonchev–Trinajstić information content (AvgIpc) is 2.87. The van der Waals surface area contributed by atoms with Gasteiger partial charge in [-0.3, -0.25) is 9.97 Å². The van der Waals surface area contributed by atoms with Crippen LogP contribution in [0, 0.1) is 6.92 Å². The Balaban J connectivity index is 2.05. The molecule has 0 spiro atoms. The quantitative estimate of drug-likeness (QED) is 0.465. The van der Waals surface area contributed by atoms with Crippen molar-refractivity contribution in [2.75, 3.05) is 0 Å². The Hall–Kier alpha value is -1.97. The Bertz CT molecular complexity index is 975. The summed E-state index contributed by atoms with van der Waals surface area (Å²) in [7, 11) is 0. The van der Waals surface area contributed by atoms with Gasteiger partial charge < -0.3 is 0 Å². The monoisotopic (exact) mass is 310 g/mol. The van der Waals surface area contributed by atoms with Crippen molar-refractivity contribution < 1.29 is 0 Å². The van der Waals surface area contributed by atoms with Gasteiger partial charge in [-0.2, -0.15) is 0 Å². The Kier molecular flexibility index (Phi) is 2.91. The van der Waals surface area contributed by atoms with Crippen molar-refractivity contribution in [3.8, 4) is 11.1 Å². The smallest absolute Gasteiger partial charge is 0.0966 e. The molecule has 4 aromatic rings. The minimum Gasteiger partial charge on any atom is -0.253 e. The van der Waals surface area contributed by atoms with Gasteiger partial charge >= 0.3 is 0 Å². The molecule has 2 nitrogen and oxygen atoms in total. The van der Waals surface area contributed by atoms with Crippen LogP contribution in [0.5, 0.6) is 0 Å². The van der Waals surface area contributed by atoms with Crippen LogP contribution in [-0.4, -0.2) is 9.97 Å². The molecule has 0 saturated carbocycles. The van der Waals surface area contributed by atoms with Gasteiger partial charge in [0.1, 0.15) is 0 Å². The number of rotatable bonds is 1. The van der Waals surface area contributed by atoms with E-state index >= 15 is 0 Å². The lowest BCUT2D eigenvalue weighted by molar-refractivity contribution is 1.29. The Labute approximate surface area is 131 Å². The maximum Gasteiger partial charge on any atom is 0.0966 e. The van der Waals surface area contributed by atoms with Gasteiger partial charge in [0, 0.05) is 27.7 Å². The molecule has 0 aliphatic rings. The lowest BCUT2D eigenvalue weighted by Gasteiger charge is -2.07. The van der Waals surface area contributed by atoms with E-state index in [1.54, 1.807) is 23.7 Å². The highest BCUT2D eigenvalue weighted by Gasteiger charge is 2.09. The van der Waals surface area contributed by atoms with Crippen LogP contribution in [0.15, 0.2) is 48.1 Å². The van der Waals surface area contributed by atoms with Crippen molar-refractivity contribution >= 4 is 44.1 Å². The van der Waals surface area contributed by atoms with Gasteiger partial charge in [0.2, 0.25) is 0 Å². The molecular weight excluding hydrogens is 300 g/mol. The molecule has 0 aliphatic carbocycles. The zero-order valence-electron chi connectivity index (χ0n) is 11.3. The minimum atomic E-state index is 0.681. The first kappa shape index (κ1) is 12.7. The van der Waals surface area contributed by atoms with Crippen molar-refractivity contribution in [2.45, 2.75) is 6.92 Å². The zero-order valence-corrected chi connectivity index (χ0v) is 12.9. The van der Waals surface area contributed by atoms with Crippen LogP contribution in [0.25, 0.3) is 32.2 Å². The SMILES string of the molecule is Cc1csc2ccc(-c3cc(Cl)cc4nccnc34)cc12. The lowest BCUT2D eigenvalue weighted by Crippen LogP contribution is -1.87. The second kappa shape index (κ2) is 4.79. The third-order valence-electron chi connectivity index (χ3n) is 3.62. The van der Waals surface area contributed by atoms with E-state index in [0.29, 0.717) is 5.02 Å². The third-order valence-corrected chi connectivity index (χ3v) is 4.92. The number of halogens is 1. The highest BCUT2D eigenvalue weighted by molar-refractivity contribution is 7.17. The fraction of sp³-hybridized carbons (Fsp3) is 0.0588. The molecule has 4 rings (SSSR count). The fourth-order valence-electron chi connectivity index (χ4n) is 2.58. The molecule has 21 heavy (non-hydrogen) atoms. The van der Waals surface area contributed by atoms with E-state index in [1.165, 1.54) is 15.6 Å². The number of aromatic nitrogens is 2.